The van der Waals surface area contributed by atoms with Crippen LogP contribution in [0.3, 0.4) is 0 Å². The van der Waals surface area contributed by atoms with Crippen molar-refractivity contribution in [2.24, 2.45) is 0 Å². The van der Waals surface area contributed by atoms with Crippen LogP contribution in [-0.2, 0) is 0 Å². The highest BCUT2D eigenvalue weighted by Gasteiger charge is 2.23. The monoisotopic (exact) mass is 249 g/mol. The van der Waals surface area contributed by atoms with Gasteiger partial charge in [0.15, 0.2) is 0 Å². The number of anilines is 2. The number of aromatic nitrogens is 1. The lowest BCUT2D eigenvalue weighted by Crippen LogP contribution is -2.40. The van der Waals surface area contributed by atoms with Crippen molar-refractivity contribution in [1.82, 2.24) is 4.98 Å². The van der Waals surface area contributed by atoms with Crippen molar-refractivity contribution in [2.45, 2.75) is 45.1 Å². The molecule has 1 aromatic heterocycles. The third-order valence-corrected chi connectivity index (χ3v) is 3.61. The summed E-state index contributed by atoms with van der Waals surface area (Å²) in [6, 6.07) is 4.51. The first-order chi connectivity index (χ1) is 8.76. The fraction of sp³-hybridized carbons (Fsp3) is 0.643. The largest absolute Gasteiger partial charge is 0.479 e. The number of ether oxygens (including phenoxy) is 1. The van der Waals surface area contributed by atoms with Crippen LogP contribution in [0.5, 0.6) is 5.88 Å². The van der Waals surface area contributed by atoms with Gasteiger partial charge in [0.05, 0.1) is 12.8 Å². The van der Waals surface area contributed by atoms with Crippen LogP contribution < -0.4 is 15.4 Å². The highest BCUT2D eigenvalue weighted by Crippen LogP contribution is 2.29. The molecule has 0 aliphatic carbocycles. The van der Waals surface area contributed by atoms with Gasteiger partial charge in [-0.05, 0) is 37.8 Å². The first kappa shape index (κ1) is 13.0. The van der Waals surface area contributed by atoms with E-state index in [1.54, 1.807) is 7.11 Å². The van der Waals surface area contributed by atoms with Crippen LogP contribution in [-0.4, -0.2) is 24.7 Å². The van der Waals surface area contributed by atoms with Gasteiger partial charge >= 0.3 is 0 Å². The van der Waals surface area contributed by atoms with Crippen molar-refractivity contribution < 1.29 is 4.74 Å². The van der Waals surface area contributed by atoms with Crippen molar-refractivity contribution in [3.05, 3.63) is 12.1 Å². The SMILES string of the molecule is CCCC1CCCCN1c1ccc(N)c(OC)n1. The van der Waals surface area contributed by atoms with E-state index in [1.165, 1.54) is 32.1 Å². The minimum Gasteiger partial charge on any atom is -0.479 e. The topological polar surface area (TPSA) is 51.4 Å². The van der Waals surface area contributed by atoms with Crippen LogP contribution in [0.15, 0.2) is 12.1 Å². The lowest BCUT2D eigenvalue weighted by atomic mass is 9.98. The van der Waals surface area contributed by atoms with Crippen LogP contribution in [0.4, 0.5) is 11.5 Å². The number of hydrogen-bond donors (Lipinski definition) is 1. The van der Waals surface area contributed by atoms with Crippen molar-refractivity contribution in [3.63, 3.8) is 0 Å². The average Bonchev–Trinajstić information content (AvgIpc) is 2.40. The standard InChI is InChI=1S/C14H23N3O/c1-3-6-11-7-4-5-10-17(11)13-9-8-12(15)14(16-13)18-2/h8-9,11H,3-7,10,15H2,1-2H3. The predicted octanol–water partition coefficient (Wildman–Crippen LogP) is 2.83. The molecule has 0 aromatic carbocycles. The summed E-state index contributed by atoms with van der Waals surface area (Å²) in [5.41, 5.74) is 6.42. The van der Waals surface area contributed by atoms with E-state index in [1.807, 2.05) is 12.1 Å². The number of hydrogen-bond acceptors (Lipinski definition) is 4. The first-order valence-corrected chi connectivity index (χ1v) is 6.83. The number of pyridine rings is 1. The minimum absolute atomic E-state index is 0.535. The fourth-order valence-electron chi connectivity index (χ4n) is 2.70. The van der Waals surface area contributed by atoms with E-state index >= 15 is 0 Å². The zero-order valence-electron chi connectivity index (χ0n) is 11.4. The van der Waals surface area contributed by atoms with Gasteiger partial charge in [0.1, 0.15) is 5.82 Å². The maximum atomic E-state index is 5.82. The Labute approximate surface area is 109 Å². The Morgan fingerprint density at radius 3 is 3.00 bits per heavy atom. The second kappa shape index (κ2) is 5.94. The molecule has 2 N–H and O–H groups in total. The third-order valence-electron chi connectivity index (χ3n) is 3.61. The zero-order chi connectivity index (χ0) is 13.0. The molecule has 0 amide bonds. The highest BCUT2D eigenvalue weighted by molar-refractivity contribution is 5.55. The molecule has 2 rings (SSSR count). The summed E-state index contributed by atoms with van der Waals surface area (Å²) >= 11 is 0. The van der Waals surface area contributed by atoms with Gasteiger partial charge in [-0.15, -0.1) is 0 Å². The molecule has 4 nitrogen and oxygen atoms in total. The number of rotatable bonds is 4. The second-order valence-corrected chi connectivity index (χ2v) is 4.90. The molecular formula is C14H23N3O. The van der Waals surface area contributed by atoms with Crippen LogP contribution in [0.1, 0.15) is 39.0 Å². The molecule has 1 saturated heterocycles. The summed E-state index contributed by atoms with van der Waals surface area (Å²) in [4.78, 5) is 6.94. The summed E-state index contributed by atoms with van der Waals surface area (Å²) < 4.78 is 5.21. The van der Waals surface area contributed by atoms with Crippen LogP contribution in [0.25, 0.3) is 0 Å². The molecular weight excluding hydrogens is 226 g/mol. The van der Waals surface area contributed by atoms with Gasteiger partial charge in [0.2, 0.25) is 5.88 Å². The molecule has 18 heavy (non-hydrogen) atoms. The van der Waals surface area contributed by atoms with E-state index in [4.69, 9.17) is 10.5 Å². The van der Waals surface area contributed by atoms with E-state index in [2.05, 4.69) is 16.8 Å². The predicted molar refractivity (Wildman–Crippen MR) is 75.1 cm³/mol. The van der Waals surface area contributed by atoms with Gasteiger partial charge in [0, 0.05) is 12.6 Å². The zero-order valence-corrected chi connectivity index (χ0v) is 11.4. The van der Waals surface area contributed by atoms with Crippen LogP contribution in [0.2, 0.25) is 0 Å². The summed E-state index contributed by atoms with van der Waals surface area (Å²) in [6.07, 6.45) is 6.28. The number of piperidine rings is 1. The second-order valence-electron chi connectivity index (χ2n) is 4.90. The van der Waals surface area contributed by atoms with Gasteiger partial charge in [-0.3, -0.25) is 0 Å². The van der Waals surface area contributed by atoms with Crippen molar-refractivity contribution in [1.29, 1.82) is 0 Å². The van der Waals surface area contributed by atoms with E-state index in [9.17, 15) is 0 Å². The molecule has 1 fully saturated rings. The van der Waals surface area contributed by atoms with E-state index in [0.29, 0.717) is 17.6 Å². The molecule has 0 bridgehead atoms. The van der Waals surface area contributed by atoms with Crippen molar-refractivity contribution in [3.8, 4) is 5.88 Å². The number of nitrogens with zero attached hydrogens (tertiary/aromatic N) is 2. The summed E-state index contributed by atoms with van der Waals surface area (Å²) in [5, 5.41) is 0. The van der Waals surface area contributed by atoms with Crippen molar-refractivity contribution in [2.75, 3.05) is 24.3 Å². The smallest absolute Gasteiger partial charge is 0.238 e. The van der Waals surface area contributed by atoms with Gasteiger partial charge in [0.25, 0.3) is 0 Å². The number of methoxy groups -OCH3 is 1. The first-order valence-electron chi connectivity index (χ1n) is 6.83. The Kier molecular flexibility index (Phi) is 4.28. The Morgan fingerprint density at radius 2 is 2.28 bits per heavy atom. The summed E-state index contributed by atoms with van der Waals surface area (Å²) in [7, 11) is 1.61. The van der Waals surface area contributed by atoms with E-state index < -0.39 is 0 Å². The molecule has 100 valence electrons. The summed E-state index contributed by atoms with van der Waals surface area (Å²) in [6.45, 7) is 3.33. The molecule has 1 aliphatic rings. The maximum Gasteiger partial charge on any atom is 0.238 e. The Hall–Kier alpha value is -1.45. The summed E-state index contributed by atoms with van der Waals surface area (Å²) in [5.74, 6) is 1.53. The van der Waals surface area contributed by atoms with Gasteiger partial charge in [-0.25, -0.2) is 0 Å². The maximum absolute atomic E-state index is 5.82. The Balaban J connectivity index is 2.22. The quantitative estimate of drug-likeness (QED) is 0.891. The molecule has 1 atom stereocenters. The molecule has 2 heterocycles. The third kappa shape index (κ3) is 2.68. The number of nitrogen functional groups attached to an aromatic ring is 1. The molecule has 4 heteroatoms. The molecule has 0 radical (unpaired) electrons. The van der Waals surface area contributed by atoms with E-state index in [-0.39, 0.29) is 0 Å². The Bertz CT molecular complexity index is 393. The van der Waals surface area contributed by atoms with E-state index in [0.717, 1.165) is 12.4 Å². The number of nitrogens with two attached hydrogens (primary N) is 1. The fourth-order valence-corrected chi connectivity index (χ4v) is 2.70. The van der Waals surface area contributed by atoms with Crippen LogP contribution >= 0.6 is 0 Å². The molecule has 1 unspecified atom stereocenters. The normalized spacial score (nSPS) is 19.9. The average molecular weight is 249 g/mol. The minimum atomic E-state index is 0.535. The van der Waals surface area contributed by atoms with Gasteiger partial charge in [-0.1, -0.05) is 13.3 Å². The molecule has 1 aliphatic heterocycles. The lowest BCUT2D eigenvalue weighted by Gasteiger charge is -2.36. The Morgan fingerprint density at radius 1 is 1.44 bits per heavy atom. The molecule has 0 spiro atoms. The highest BCUT2D eigenvalue weighted by atomic mass is 16.5. The van der Waals surface area contributed by atoms with Gasteiger partial charge in [-0.2, -0.15) is 4.98 Å². The van der Waals surface area contributed by atoms with Crippen LogP contribution in [0, 0.1) is 0 Å². The molecule has 1 aromatic rings. The van der Waals surface area contributed by atoms with Crippen molar-refractivity contribution >= 4 is 11.5 Å². The molecule has 0 saturated carbocycles. The lowest BCUT2D eigenvalue weighted by molar-refractivity contribution is 0.395. The van der Waals surface area contributed by atoms with Gasteiger partial charge < -0.3 is 15.4 Å².